The van der Waals surface area contributed by atoms with E-state index in [2.05, 4.69) is 15.6 Å². The van der Waals surface area contributed by atoms with Crippen molar-refractivity contribution in [2.45, 2.75) is 25.3 Å². The van der Waals surface area contributed by atoms with Crippen LogP contribution in [0.3, 0.4) is 0 Å². The molecule has 0 bridgehead atoms. The molecule has 0 radical (unpaired) electrons. The van der Waals surface area contributed by atoms with E-state index >= 15 is 0 Å². The molecule has 0 aliphatic heterocycles. The van der Waals surface area contributed by atoms with Crippen LogP contribution in [0.1, 0.15) is 28.9 Å². The van der Waals surface area contributed by atoms with Gasteiger partial charge in [0.1, 0.15) is 5.01 Å². The summed E-state index contributed by atoms with van der Waals surface area (Å²) in [6, 6.07) is 9.33. The Hall–Kier alpha value is -2.51. The van der Waals surface area contributed by atoms with Crippen molar-refractivity contribution in [1.82, 2.24) is 10.3 Å². The fourth-order valence-corrected chi connectivity index (χ4v) is 4.04. The number of carbonyl (C=O) groups is 2. The van der Waals surface area contributed by atoms with Gasteiger partial charge in [0.05, 0.1) is 12.1 Å². The van der Waals surface area contributed by atoms with E-state index in [0.29, 0.717) is 17.3 Å². The lowest BCUT2D eigenvalue weighted by molar-refractivity contribution is -0.115. The van der Waals surface area contributed by atoms with Gasteiger partial charge >= 0.3 is 0 Å². The average Bonchev–Trinajstić information content (AvgIpc) is 3.10. The van der Waals surface area contributed by atoms with Crippen molar-refractivity contribution in [3.05, 3.63) is 57.7 Å². The van der Waals surface area contributed by atoms with Crippen molar-refractivity contribution in [1.29, 1.82) is 0 Å². The van der Waals surface area contributed by atoms with E-state index in [1.807, 2.05) is 22.2 Å². The lowest BCUT2D eigenvalue weighted by Gasteiger charge is -2.07. The molecule has 0 saturated heterocycles. The van der Waals surface area contributed by atoms with Crippen molar-refractivity contribution in [3.8, 4) is 10.6 Å². The molecule has 132 valence electrons. The van der Waals surface area contributed by atoms with E-state index < -0.39 is 0 Å². The molecule has 0 unspecified atom stereocenters. The number of anilines is 1. The molecule has 2 amide bonds. The van der Waals surface area contributed by atoms with Crippen LogP contribution in [0.2, 0.25) is 0 Å². The largest absolute Gasteiger partial charge is 0.349 e. The van der Waals surface area contributed by atoms with Crippen LogP contribution < -0.4 is 10.6 Å². The maximum Gasteiger partial charge on any atom is 0.251 e. The van der Waals surface area contributed by atoms with Gasteiger partial charge in [0.2, 0.25) is 5.91 Å². The monoisotopic (exact) mass is 383 g/mol. The summed E-state index contributed by atoms with van der Waals surface area (Å²) in [4.78, 5) is 28.9. The third kappa shape index (κ3) is 4.17. The van der Waals surface area contributed by atoms with E-state index in [-0.39, 0.29) is 18.2 Å². The summed E-state index contributed by atoms with van der Waals surface area (Å²) in [5, 5.41) is 12.7. The Morgan fingerprint density at radius 3 is 2.85 bits per heavy atom. The SMILES string of the molecule is O=C(Cc1csc(-c2ccsc2)n1)Nc1cccc(C(=O)NC2CC2)c1. The molecule has 1 saturated carbocycles. The normalized spacial score (nSPS) is 13.4. The highest BCUT2D eigenvalue weighted by molar-refractivity contribution is 7.14. The highest BCUT2D eigenvalue weighted by atomic mass is 32.1. The molecule has 1 fully saturated rings. The Bertz CT molecular complexity index is 930. The van der Waals surface area contributed by atoms with Crippen molar-refractivity contribution in [3.63, 3.8) is 0 Å². The summed E-state index contributed by atoms with van der Waals surface area (Å²) in [6.45, 7) is 0. The van der Waals surface area contributed by atoms with Crippen LogP contribution in [0.25, 0.3) is 10.6 Å². The van der Waals surface area contributed by atoms with E-state index in [1.165, 1.54) is 11.3 Å². The van der Waals surface area contributed by atoms with Crippen LogP contribution in [-0.2, 0) is 11.2 Å². The molecule has 0 spiro atoms. The molecule has 5 nitrogen and oxygen atoms in total. The number of amides is 2. The number of benzene rings is 1. The second kappa shape index (κ2) is 7.39. The molecule has 1 aromatic carbocycles. The molecule has 26 heavy (non-hydrogen) atoms. The maximum atomic E-state index is 12.3. The topological polar surface area (TPSA) is 71.1 Å². The molecule has 4 rings (SSSR count). The quantitative estimate of drug-likeness (QED) is 0.677. The van der Waals surface area contributed by atoms with Gasteiger partial charge in [-0.1, -0.05) is 6.07 Å². The Kier molecular flexibility index (Phi) is 4.81. The third-order valence-corrected chi connectivity index (χ3v) is 5.61. The van der Waals surface area contributed by atoms with Gasteiger partial charge in [0.25, 0.3) is 5.91 Å². The first-order chi connectivity index (χ1) is 12.7. The Labute approximate surface area is 159 Å². The minimum absolute atomic E-state index is 0.0940. The summed E-state index contributed by atoms with van der Waals surface area (Å²) < 4.78 is 0. The van der Waals surface area contributed by atoms with E-state index in [4.69, 9.17) is 0 Å². The van der Waals surface area contributed by atoms with E-state index in [0.717, 1.165) is 29.1 Å². The summed E-state index contributed by atoms with van der Waals surface area (Å²) >= 11 is 3.16. The number of aromatic nitrogens is 1. The lowest BCUT2D eigenvalue weighted by atomic mass is 10.2. The minimum atomic E-state index is -0.146. The number of thiazole rings is 1. The number of rotatable bonds is 6. The number of thiophene rings is 1. The van der Waals surface area contributed by atoms with Crippen molar-refractivity contribution in [2.24, 2.45) is 0 Å². The molecule has 2 aromatic heterocycles. The third-order valence-electron chi connectivity index (χ3n) is 3.98. The summed E-state index contributed by atoms with van der Waals surface area (Å²) in [5.41, 5.74) is 3.01. The molecular formula is C19H17N3O2S2. The predicted octanol–water partition coefficient (Wildman–Crippen LogP) is 3.95. The molecule has 3 aromatic rings. The highest BCUT2D eigenvalue weighted by Gasteiger charge is 2.23. The van der Waals surface area contributed by atoms with Crippen molar-refractivity contribution >= 4 is 40.2 Å². The Morgan fingerprint density at radius 1 is 1.19 bits per heavy atom. The molecule has 1 aliphatic rings. The van der Waals surface area contributed by atoms with Gasteiger partial charge < -0.3 is 10.6 Å². The number of hydrogen-bond acceptors (Lipinski definition) is 5. The van der Waals surface area contributed by atoms with Gasteiger partial charge in [0, 0.05) is 33.6 Å². The number of nitrogens with zero attached hydrogens (tertiary/aromatic N) is 1. The number of nitrogens with one attached hydrogen (secondary N) is 2. The smallest absolute Gasteiger partial charge is 0.251 e. The van der Waals surface area contributed by atoms with Gasteiger partial charge in [0.15, 0.2) is 0 Å². The van der Waals surface area contributed by atoms with Crippen LogP contribution in [0.4, 0.5) is 5.69 Å². The Balaban J connectivity index is 1.38. The van der Waals surface area contributed by atoms with E-state index in [1.54, 1.807) is 35.6 Å². The molecular weight excluding hydrogens is 366 g/mol. The standard InChI is InChI=1S/C19H17N3O2S2/c23-17(9-16-11-26-19(22-16)13-6-7-25-10-13)20-15-3-1-2-12(8-15)18(24)21-14-4-5-14/h1-3,6-8,10-11,14H,4-5,9H2,(H,20,23)(H,21,24). The fourth-order valence-electron chi connectivity index (χ4n) is 2.51. The first-order valence-electron chi connectivity index (χ1n) is 8.35. The van der Waals surface area contributed by atoms with Crippen LogP contribution in [-0.4, -0.2) is 22.8 Å². The molecule has 2 N–H and O–H groups in total. The molecule has 1 aliphatic carbocycles. The second-order valence-electron chi connectivity index (χ2n) is 6.21. The predicted molar refractivity (Wildman–Crippen MR) is 105 cm³/mol. The van der Waals surface area contributed by atoms with E-state index in [9.17, 15) is 9.59 Å². The second-order valence-corrected chi connectivity index (χ2v) is 7.85. The number of carbonyl (C=O) groups excluding carboxylic acids is 2. The number of hydrogen-bond donors (Lipinski definition) is 2. The van der Waals surface area contributed by atoms with Gasteiger partial charge in [-0.25, -0.2) is 4.98 Å². The fraction of sp³-hybridized carbons (Fsp3) is 0.211. The zero-order chi connectivity index (χ0) is 17.9. The summed E-state index contributed by atoms with van der Waals surface area (Å²) in [5.74, 6) is -0.240. The van der Waals surface area contributed by atoms with Gasteiger partial charge in [-0.15, -0.1) is 11.3 Å². The first-order valence-corrected chi connectivity index (χ1v) is 10.2. The van der Waals surface area contributed by atoms with Crippen LogP contribution in [0.5, 0.6) is 0 Å². The van der Waals surface area contributed by atoms with Crippen LogP contribution >= 0.6 is 22.7 Å². The molecule has 2 heterocycles. The van der Waals surface area contributed by atoms with Crippen LogP contribution in [0, 0.1) is 0 Å². The van der Waals surface area contributed by atoms with Gasteiger partial charge in [-0.3, -0.25) is 9.59 Å². The minimum Gasteiger partial charge on any atom is -0.349 e. The average molecular weight is 383 g/mol. The zero-order valence-corrected chi connectivity index (χ0v) is 15.5. The molecule has 7 heteroatoms. The first kappa shape index (κ1) is 16.9. The van der Waals surface area contributed by atoms with Crippen LogP contribution in [0.15, 0.2) is 46.5 Å². The van der Waals surface area contributed by atoms with Gasteiger partial charge in [-0.05, 0) is 42.5 Å². The van der Waals surface area contributed by atoms with Crippen molar-refractivity contribution in [2.75, 3.05) is 5.32 Å². The summed E-state index contributed by atoms with van der Waals surface area (Å²) in [7, 11) is 0. The maximum absolute atomic E-state index is 12.3. The van der Waals surface area contributed by atoms with Crippen molar-refractivity contribution < 1.29 is 9.59 Å². The van der Waals surface area contributed by atoms with Gasteiger partial charge in [-0.2, -0.15) is 11.3 Å². The lowest BCUT2D eigenvalue weighted by Crippen LogP contribution is -2.25. The molecule has 0 atom stereocenters. The highest BCUT2D eigenvalue weighted by Crippen LogP contribution is 2.26. The summed E-state index contributed by atoms with van der Waals surface area (Å²) in [6.07, 6.45) is 2.30. The zero-order valence-electron chi connectivity index (χ0n) is 13.9. The Morgan fingerprint density at radius 2 is 2.08 bits per heavy atom.